The van der Waals surface area contributed by atoms with Crippen molar-refractivity contribution in [2.75, 3.05) is 19.6 Å². The maximum absolute atomic E-state index is 6.07. The molecule has 98 valence electrons. The molecule has 0 aliphatic rings. The number of rotatable bonds is 6. The van der Waals surface area contributed by atoms with Crippen molar-refractivity contribution in [3.63, 3.8) is 0 Å². The molecule has 2 aromatic rings. The van der Waals surface area contributed by atoms with Crippen LogP contribution in [0.15, 0.2) is 16.2 Å². The molecule has 0 spiro atoms. The van der Waals surface area contributed by atoms with Gasteiger partial charge >= 0.3 is 0 Å². The minimum atomic E-state index is -0.227. The van der Waals surface area contributed by atoms with Gasteiger partial charge in [0, 0.05) is 6.54 Å². The zero-order valence-corrected chi connectivity index (χ0v) is 11.4. The van der Waals surface area contributed by atoms with Crippen LogP contribution in [0.3, 0.4) is 0 Å². The summed E-state index contributed by atoms with van der Waals surface area (Å²) in [6.45, 7) is 6.87. The van der Waals surface area contributed by atoms with Gasteiger partial charge in [-0.1, -0.05) is 19.0 Å². The summed E-state index contributed by atoms with van der Waals surface area (Å²) in [6.07, 6.45) is 1.71. The van der Waals surface area contributed by atoms with Crippen molar-refractivity contribution >= 4 is 11.3 Å². The van der Waals surface area contributed by atoms with Crippen molar-refractivity contribution in [3.05, 3.63) is 17.5 Å². The normalized spacial score (nSPS) is 13.1. The summed E-state index contributed by atoms with van der Waals surface area (Å²) in [6, 6.07) is -0.227. The minimum absolute atomic E-state index is 0.227. The Hall–Kier alpha value is -1.31. The molecular formula is C11H17N5OS. The fourth-order valence-electron chi connectivity index (χ4n) is 1.65. The molecule has 0 saturated carbocycles. The first-order chi connectivity index (χ1) is 8.74. The van der Waals surface area contributed by atoms with E-state index in [1.54, 1.807) is 11.7 Å². The quantitative estimate of drug-likeness (QED) is 0.855. The number of nitrogens with two attached hydrogens (primary N) is 1. The van der Waals surface area contributed by atoms with E-state index in [0.29, 0.717) is 11.7 Å². The molecule has 0 aliphatic heterocycles. The van der Waals surface area contributed by atoms with Crippen molar-refractivity contribution < 1.29 is 4.52 Å². The Morgan fingerprint density at radius 1 is 1.44 bits per heavy atom. The lowest BCUT2D eigenvalue weighted by atomic mass is 10.2. The number of hydrogen-bond acceptors (Lipinski definition) is 7. The lowest BCUT2D eigenvalue weighted by Crippen LogP contribution is -2.32. The summed E-state index contributed by atoms with van der Waals surface area (Å²) >= 11 is 1.47. The number of nitrogens with zero attached hydrogens (tertiary/aromatic N) is 4. The number of thiazole rings is 1. The van der Waals surface area contributed by atoms with E-state index in [1.807, 2.05) is 0 Å². The second kappa shape index (κ2) is 6.03. The second-order valence-electron chi connectivity index (χ2n) is 3.92. The summed E-state index contributed by atoms with van der Waals surface area (Å²) in [4.78, 5) is 11.4. The van der Waals surface area contributed by atoms with Gasteiger partial charge in [-0.3, -0.25) is 4.98 Å². The molecule has 7 heteroatoms. The van der Waals surface area contributed by atoms with Gasteiger partial charge in [0.1, 0.15) is 4.88 Å². The predicted octanol–water partition coefficient (Wildman–Crippen LogP) is 1.53. The summed E-state index contributed by atoms with van der Waals surface area (Å²) < 4.78 is 5.19. The maximum Gasteiger partial charge on any atom is 0.269 e. The predicted molar refractivity (Wildman–Crippen MR) is 70.1 cm³/mol. The Balaban J connectivity index is 2.05. The molecule has 0 fully saturated rings. The number of hydrogen-bond donors (Lipinski definition) is 1. The second-order valence-corrected chi connectivity index (χ2v) is 4.80. The highest BCUT2D eigenvalue weighted by Crippen LogP contribution is 2.22. The highest BCUT2D eigenvalue weighted by Gasteiger charge is 2.17. The molecule has 1 atom stereocenters. The van der Waals surface area contributed by atoms with Crippen molar-refractivity contribution in [3.8, 4) is 10.8 Å². The molecule has 0 aliphatic carbocycles. The molecular weight excluding hydrogens is 250 g/mol. The number of likely N-dealkylation sites (N-methyl/N-ethyl adjacent to an activating group) is 1. The van der Waals surface area contributed by atoms with Gasteiger partial charge in [-0.15, -0.1) is 11.3 Å². The first-order valence-electron chi connectivity index (χ1n) is 5.95. The molecule has 0 aromatic carbocycles. The van der Waals surface area contributed by atoms with Gasteiger partial charge in [0.25, 0.3) is 5.89 Å². The molecule has 6 nitrogen and oxygen atoms in total. The standard InChI is InChI=1S/C11H17N5OS/c1-3-16(4-2)6-8(12)10-14-11(17-15-10)9-5-13-7-18-9/h5,7-8H,3-4,6,12H2,1-2H3. The van der Waals surface area contributed by atoms with Crippen LogP contribution in [0.25, 0.3) is 10.8 Å². The first-order valence-corrected chi connectivity index (χ1v) is 6.83. The van der Waals surface area contributed by atoms with Crippen LogP contribution in [-0.2, 0) is 0 Å². The van der Waals surface area contributed by atoms with Gasteiger partial charge in [0.2, 0.25) is 0 Å². The number of aromatic nitrogens is 3. The van der Waals surface area contributed by atoms with E-state index in [0.717, 1.165) is 24.5 Å². The van der Waals surface area contributed by atoms with Gasteiger partial charge in [-0.25, -0.2) is 0 Å². The Morgan fingerprint density at radius 2 is 2.22 bits per heavy atom. The van der Waals surface area contributed by atoms with E-state index in [2.05, 4.69) is 33.9 Å². The van der Waals surface area contributed by atoms with Gasteiger partial charge in [0.05, 0.1) is 17.7 Å². The average molecular weight is 267 g/mol. The van der Waals surface area contributed by atoms with Crippen molar-refractivity contribution in [2.45, 2.75) is 19.9 Å². The molecule has 2 N–H and O–H groups in total. The third kappa shape index (κ3) is 2.92. The molecule has 1 unspecified atom stereocenters. The molecule has 0 radical (unpaired) electrons. The lowest BCUT2D eigenvalue weighted by molar-refractivity contribution is 0.278. The summed E-state index contributed by atoms with van der Waals surface area (Å²) in [5.41, 5.74) is 7.81. The topological polar surface area (TPSA) is 81.1 Å². The fraction of sp³-hybridized carbons (Fsp3) is 0.545. The van der Waals surface area contributed by atoms with Crippen LogP contribution in [0.4, 0.5) is 0 Å². The van der Waals surface area contributed by atoms with Crippen LogP contribution in [0.1, 0.15) is 25.7 Å². The maximum atomic E-state index is 6.07. The van der Waals surface area contributed by atoms with E-state index < -0.39 is 0 Å². The summed E-state index contributed by atoms with van der Waals surface area (Å²) in [5, 5.41) is 3.93. The van der Waals surface area contributed by atoms with Crippen LogP contribution >= 0.6 is 11.3 Å². The smallest absolute Gasteiger partial charge is 0.269 e. The molecule has 0 saturated heterocycles. The zero-order chi connectivity index (χ0) is 13.0. The highest BCUT2D eigenvalue weighted by atomic mass is 32.1. The monoisotopic (exact) mass is 267 g/mol. The van der Waals surface area contributed by atoms with Gasteiger partial charge in [-0.05, 0) is 13.1 Å². The minimum Gasteiger partial charge on any atom is -0.333 e. The SMILES string of the molecule is CCN(CC)CC(N)c1noc(-c2cncs2)n1. The van der Waals surface area contributed by atoms with Gasteiger partial charge < -0.3 is 15.2 Å². The van der Waals surface area contributed by atoms with Crippen LogP contribution < -0.4 is 5.73 Å². The van der Waals surface area contributed by atoms with E-state index >= 15 is 0 Å². The Morgan fingerprint density at radius 3 is 2.83 bits per heavy atom. The van der Waals surface area contributed by atoms with Gasteiger partial charge in [-0.2, -0.15) is 4.98 Å². The van der Waals surface area contributed by atoms with Gasteiger partial charge in [0.15, 0.2) is 5.82 Å². The lowest BCUT2D eigenvalue weighted by Gasteiger charge is -2.20. The van der Waals surface area contributed by atoms with Crippen molar-refractivity contribution in [2.24, 2.45) is 5.73 Å². The highest BCUT2D eigenvalue weighted by molar-refractivity contribution is 7.13. The Bertz CT molecular complexity index is 465. The summed E-state index contributed by atoms with van der Waals surface area (Å²) in [5.74, 6) is 1.03. The summed E-state index contributed by atoms with van der Waals surface area (Å²) in [7, 11) is 0. The Kier molecular flexibility index (Phi) is 4.40. The molecule has 2 heterocycles. The third-order valence-corrected chi connectivity index (χ3v) is 3.53. The van der Waals surface area contributed by atoms with Crippen LogP contribution in [0.2, 0.25) is 0 Å². The van der Waals surface area contributed by atoms with E-state index in [1.165, 1.54) is 11.3 Å². The molecule has 0 bridgehead atoms. The largest absolute Gasteiger partial charge is 0.333 e. The van der Waals surface area contributed by atoms with Crippen LogP contribution in [0, 0.1) is 0 Å². The molecule has 2 rings (SSSR count). The fourth-order valence-corrected chi connectivity index (χ4v) is 2.19. The van der Waals surface area contributed by atoms with Crippen LogP contribution in [0.5, 0.6) is 0 Å². The zero-order valence-electron chi connectivity index (χ0n) is 10.5. The molecule has 0 amide bonds. The third-order valence-electron chi connectivity index (χ3n) is 2.77. The Labute approximate surface area is 110 Å². The molecule has 18 heavy (non-hydrogen) atoms. The first kappa shape index (κ1) is 13.1. The molecule has 2 aromatic heterocycles. The van der Waals surface area contributed by atoms with Crippen molar-refractivity contribution in [1.82, 2.24) is 20.0 Å². The average Bonchev–Trinajstić information content (AvgIpc) is 3.04. The van der Waals surface area contributed by atoms with E-state index in [-0.39, 0.29) is 6.04 Å². The van der Waals surface area contributed by atoms with E-state index in [4.69, 9.17) is 10.3 Å². The van der Waals surface area contributed by atoms with E-state index in [9.17, 15) is 0 Å². The van der Waals surface area contributed by atoms with Crippen molar-refractivity contribution in [1.29, 1.82) is 0 Å². The van der Waals surface area contributed by atoms with Crippen LogP contribution in [-0.4, -0.2) is 39.7 Å².